The third-order valence-corrected chi connectivity index (χ3v) is 8.02. The van der Waals surface area contributed by atoms with Crippen LogP contribution in [0.5, 0.6) is 0 Å². The summed E-state index contributed by atoms with van der Waals surface area (Å²) in [5.74, 6) is 8.20. The van der Waals surface area contributed by atoms with E-state index in [1.807, 2.05) is 0 Å². The number of hydrogen-bond donors (Lipinski definition) is 1. The highest BCUT2D eigenvalue weighted by Crippen LogP contribution is 2.59. The van der Waals surface area contributed by atoms with Crippen molar-refractivity contribution in [3.63, 3.8) is 0 Å². The van der Waals surface area contributed by atoms with Crippen molar-refractivity contribution in [2.24, 2.45) is 40.7 Å². The van der Waals surface area contributed by atoms with Crippen LogP contribution in [0.1, 0.15) is 44.9 Å². The Kier molecular flexibility index (Phi) is 2.96. The van der Waals surface area contributed by atoms with Crippen LogP contribution in [-0.2, 0) is 0 Å². The van der Waals surface area contributed by atoms with E-state index in [1.54, 1.807) is 32.1 Å². The van der Waals surface area contributed by atoms with Crippen molar-refractivity contribution in [3.05, 3.63) is 0 Å². The Morgan fingerprint density at radius 2 is 1.67 bits per heavy atom. The minimum Gasteiger partial charge on any atom is -0.330 e. The van der Waals surface area contributed by atoms with Gasteiger partial charge in [-0.1, -0.05) is 0 Å². The summed E-state index contributed by atoms with van der Waals surface area (Å²) in [5.41, 5.74) is 6.69. The summed E-state index contributed by atoms with van der Waals surface area (Å²) in [4.78, 5) is 0. The van der Waals surface area contributed by atoms with Gasteiger partial charge in [0.15, 0.2) is 0 Å². The smallest absolute Gasteiger partial charge is 0.000168 e. The molecule has 1 atom stereocenters. The number of rotatable bonds is 3. The summed E-state index contributed by atoms with van der Waals surface area (Å²) in [6.07, 6.45) is 10.8. The van der Waals surface area contributed by atoms with E-state index in [9.17, 15) is 0 Å². The highest BCUT2D eigenvalue weighted by atomic mass is 32.2. The fourth-order valence-corrected chi connectivity index (χ4v) is 7.46. The first-order valence-electron chi connectivity index (χ1n) is 8.06. The Bertz CT molecular complexity index is 293. The van der Waals surface area contributed by atoms with Crippen LogP contribution in [0.4, 0.5) is 0 Å². The van der Waals surface area contributed by atoms with E-state index < -0.39 is 0 Å². The molecule has 0 radical (unpaired) electrons. The maximum Gasteiger partial charge on any atom is 0.000168 e. The van der Waals surface area contributed by atoms with Crippen molar-refractivity contribution in [1.82, 2.24) is 0 Å². The van der Waals surface area contributed by atoms with Crippen molar-refractivity contribution < 1.29 is 0 Å². The molecule has 5 rings (SSSR count). The predicted octanol–water partition coefficient (Wildman–Crippen LogP) is 3.53. The Labute approximate surface area is 116 Å². The first-order chi connectivity index (χ1) is 8.78. The molecule has 1 nitrogen and oxygen atoms in total. The summed E-state index contributed by atoms with van der Waals surface area (Å²) in [7, 11) is 0. The number of nitrogens with two attached hydrogens (primary N) is 1. The molecule has 1 aliphatic heterocycles. The van der Waals surface area contributed by atoms with Gasteiger partial charge in [0, 0.05) is 5.75 Å². The molecule has 2 N–H and O–H groups in total. The third-order valence-electron chi connectivity index (χ3n) is 6.71. The van der Waals surface area contributed by atoms with Crippen molar-refractivity contribution >= 4 is 11.8 Å². The molecule has 0 amide bonds. The second-order valence-electron chi connectivity index (χ2n) is 7.81. The van der Waals surface area contributed by atoms with Gasteiger partial charge in [-0.15, -0.1) is 0 Å². The van der Waals surface area contributed by atoms with Crippen LogP contribution in [0.15, 0.2) is 0 Å². The topological polar surface area (TPSA) is 26.0 Å². The quantitative estimate of drug-likeness (QED) is 0.845. The Morgan fingerprint density at radius 3 is 2.17 bits per heavy atom. The van der Waals surface area contributed by atoms with Crippen LogP contribution in [0, 0.1) is 35.0 Å². The maximum absolute atomic E-state index is 6.16. The molecule has 4 saturated carbocycles. The molecule has 5 fully saturated rings. The normalized spacial score (nSPS) is 54.2. The van der Waals surface area contributed by atoms with Gasteiger partial charge < -0.3 is 5.73 Å². The molecule has 0 spiro atoms. The van der Waals surface area contributed by atoms with Crippen molar-refractivity contribution in [1.29, 1.82) is 0 Å². The van der Waals surface area contributed by atoms with Gasteiger partial charge in [-0.2, -0.15) is 11.8 Å². The molecule has 1 unspecified atom stereocenters. The van der Waals surface area contributed by atoms with Gasteiger partial charge in [-0.25, -0.2) is 0 Å². The minimum absolute atomic E-state index is 0.532. The van der Waals surface area contributed by atoms with Crippen molar-refractivity contribution in [2.45, 2.75) is 44.9 Å². The first-order valence-corrected chi connectivity index (χ1v) is 9.21. The van der Waals surface area contributed by atoms with Crippen LogP contribution < -0.4 is 5.73 Å². The summed E-state index contributed by atoms with van der Waals surface area (Å²) >= 11 is 2.15. The largest absolute Gasteiger partial charge is 0.330 e. The van der Waals surface area contributed by atoms with Gasteiger partial charge in [0.25, 0.3) is 0 Å². The standard InChI is InChI=1S/C16H27NS/c17-9-16(1-2-18-10-16)8-15-13-4-11-3-12(6-13)7-14(15)5-11/h11-15H,1-10,17H2. The van der Waals surface area contributed by atoms with Crippen LogP contribution in [0.25, 0.3) is 0 Å². The Balaban J connectivity index is 1.51. The van der Waals surface area contributed by atoms with Gasteiger partial charge >= 0.3 is 0 Å². The van der Waals surface area contributed by atoms with Crippen LogP contribution >= 0.6 is 11.8 Å². The summed E-state index contributed by atoms with van der Waals surface area (Å²) in [6.45, 7) is 0.947. The average Bonchev–Trinajstić information content (AvgIpc) is 2.82. The number of thioether (sulfide) groups is 1. The van der Waals surface area contributed by atoms with Gasteiger partial charge in [0.2, 0.25) is 0 Å². The molecule has 0 aromatic heterocycles. The summed E-state index contributed by atoms with van der Waals surface area (Å²) < 4.78 is 0. The van der Waals surface area contributed by atoms with Crippen LogP contribution in [-0.4, -0.2) is 18.1 Å². The van der Waals surface area contributed by atoms with E-state index in [0.29, 0.717) is 5.41 Å². The summed E-state index contributed by atoms with van der Waals surface area (Å²) in [6, 6.07) is 0. The predicted molar refractivity (Wildman–Crippen MR) is 78.6 cm³/mol. The van der Waals surface area contributed by atoms with E-state index in [2.05, 4.69) is 11.8 Å². The molecule has 1 saturated heterocycles. The van der Waals surface area contributed by atoms with Gasteiger partial charge in [-0.05, 0) is 92.2 Å². The lowest BCUT2D eigenvalue weighted by molar-refractivity contribution is -0.0527. The lowest BCUT2D eigenvalue weighted by Gasteiger charge is -2.56. The fraction of sp³-hybridized carbons (Fsp3) is 1.00. The third kappa shape index (κ3) is 1.86. The zero-order valence-corrected chi connectivity index (χ0v) is 12.3. The van der Waals surface area contributed by atoms with E-state index in [-0.39, 0.29) is 0 Å². The second-order valence-corrected chi connectivity index (χ2v) is 8.91. The van der Waals surface area contributed by atoms with Crippen molar-refractivity contribution in [2.75, 3.05) is 18.1 Å². The highest BCUT2D eigenvalue weighted by molar-refractivity contribution is 7.99. The van der Waals surface area contributed by atoms with E-state index >= 15 is 0 Å². The molecule has 18 heavy (non-hydrogen) atoms. The van der Waals surface area contributed by atoms with Gasteiger partial charge in [-0.3, -0.25) is 0 Å². The van der Waals surface area contributed by atoms with Crippen molar-refractivity contribution in [3.8, 4) is 0 Å². The zero-order valence-electron chi connectivity index (χ0n) is 11.4. The number of hydrogen-bond acceptors (Lipinski definition) is 2. The zero-order chi connectivity index (χ0) is 12.2. The van der Waals surface area contributed by atoms with E-state index in [1.165, 1.54) is 24.3 Å². The lowest BCUT2D eigenvalue weighted by Crippen LogP contribution is -2.47. The molecule has 102 valence electrons. The Hall–Kier alpha value is 0.310. The molecule has 2 heteroatoms. The minimum atomic E-state index is 0.532. The lowest BCUT2D eigenvalue weighted by atomic mass is 9.50. The van der Waals surface area contributed by atoms with Gasteiger partial charge in [0.1, 0.15) is 0 Å². The van der Waals surface area contributed by atoms with E-state index in [0.717, 1.165) is 36.1 Å². The molecule has 0 aromatic rings. The fourth-order valence-electron chi connectivity index (χ4n) is 5.93. The molecule has 5 aliphatic rings. The summed E-state index contributed by atoms with van der Waals surface area (Å²) in [5, 5.41) is 0. The second kappa shape index (κ2) is 4.41. The monoisotopic (exact) mass is 265 g/mol. The molecule has 4 aliphatic carbocycles. The molecular weight excluding hydrogens is 238 g/mol. The molecule has 1 heterocycles. The molecule has 0 aromatic carbocycles. The SMILES string of the molecule is NCC1(CC2C3CC4CC(C3)CC2C4)CCSC1. The molecule has 4 bridgehead atoms. The van der Waals surface area contributed by atoms with Crippen LogP contribution in [0.3, 0.4) is 0 Å². The van der Waals surface area contributed by atoms with E-state index in [4.69, 9.17) is 5.73 Å². The van der Waals surface area contributed by atoms with Gasteiger partial charge in [0.05, 0.1) is 0 Å². The Morgan fingerprint density at radius 1 is 1.00 bits per heavy atom. The van der Waals surface area contributed by atoms with Crippen LogP contribution in [0.2, 0.25) is 0 Å². The molecular formula is C16H27NS. The highest BCUT2D eigenvalue weighted by Gasteiger charge is 2.50. The average molecular weight is 265 g/mol. The first kappa shape index (κ1) is 12.1. The maximum atomic E-state index is 6.16.